The Labute approximate surface area is 234 Å². The largest absolute Gasteiger partial charge is 0.480 e. The van der Waals surface area contributed by atoms with Crippen LogP contribution in [-0.4, -0.2) is 39.4 Å². The Balaban J connectivity index is 0.000000406. The molecule has 0 bridgehead atoms. The van der Waals surface area contributed by atoms with Crippen LogP contribution in [0.2, 0.25) is 0 Å². The maximum atomic E-state index is 15.3. The van der Waals surface area contributed by atoms with Crippen LogP contribution in [0.15, 0.2) is 12.1 Å². The number of nitrogens with zero attached hydrogens (tertiary/aromatic N) is 1. The van der Waals surface area contributed by atoms with Crippen LogP contribution < -0.4 is 16.8 Å². The van der Waals surface area contributed by atoms with Crippen molar-refractivity contribution in [2.24, 2.45) is 22.8 Å². The van der Waals surface area contributed by atoms with Gasteiger partial charge in [0, 0.05) is 29.3 Å². The van der Waals surface area contributed by atoms with E-state index in [1.807, 2.05) is 10.6 Å². The molecule has 9 nitrogen and oxygen atoms in total. The number of nitrogens with one attached hydrogen (secondary N) is 1. The minimum Gasteiger partial charge on any atom is -0.480 e. The fourth-order valence-electron chi connectivity index (χ4n) is 5.97. The first-order chi connectivity index (χ1) is 18.8. The van der Waals surface area contributed by atoms with Gasteiger partial charge in [-0.05, 0) is 42.7 Å². The summed E-state index contributed by atoms with van der Waals surface area (Å²) in [6.45, 7) is 8.49. The number of aliphatic carboxylic acids is 1. The second-order valence-corrected chi connectivity index (χ2v) is 12.3. The Bertz CT molecular complexity index is 1310. The molecule has 1 amide bonds. The number of ether oxygens (including phenoxy) is 1. The monoisotopic (exact) mass is 556 g/mol. The molecule has 6 N–H and O–H groups in total. The Morgan fingerprint density at radius 3 is 2.38 bits per heavy atom. The highest BCUT2D eigenvalue weighted by molar-refractivity contribution is 6.01. The molecule has 0 spiro atoms. The summed E-state index contributed by atoms with van der Waals surface area (Å²) in [7, 11) is 0. The van der Waals surface area contributed by atoms with Crippen molar-refractivity contribution < 1.29 is 28.6 Å². The zero-order valence-corrected chi connectivity index (χ0v) is 23.8. The van der Waals surface area contributed by atoms with Crippen LogP contribution in [0.3, 0.4) is 0 Å². The lowest BCUT2D eigenvalue weighted by molar-refractivity contribution is -0.139. The number of nitrogens with two attached hydrogens (primary N) is 2. The second kappa shape index (κ2) is 11.7. The second-order valence-electron chi connectivity index (χ2n) is 12.3. The van der Waals surface area contributed by atoms with Crippen molar-refractivity contribution in [3.63, 3.8) is 0 Å². The van der Waals surface area contributed by atoms with E-state index in [4.69, 9.17) is 21.3 Å². The number of hydrogen-bond acceptors (Lipinski definition) is 6. The van der Waals surface area contributed by atoms with Gasteiger partial charge in [0.2, 0.25) is 0 Å². The van der Waals surface area contributed by atoms with Crippen LogP contribution in [0.25, 0.3) is 5.69 Å². The molecule has 218 valence electrons. The molecular formula is C30H41FN4O5. The molecule has 1 unspecified atom stereocenters. The van der Waals surface area contributed by atoms with E-state index in [0.29, 0.717) is 37.4 Å². The molecule has 1 atom stereocenters. The highest BCUT2D eigenvalue weighted by atomic mass is 19.1. The van der Waals surface area contributed by atoms with Crippen molar-refractivity contribution in [2.75, 3.05) is 5.32 Å². The number of amides is 1. The molecule has 2 aliphatic carbocycles. The molecule has 5 rings (SSSR count). The first kappa shape index (κ1) is 29.7. The maximum absolute atomic E-state index is 15.3. The first-order valence-corrected chi connectivity index (χ1v) is 14.1. The quantitative estimate of drug-likeness (QED) is 0.403. The number of ketones is 1. The van der Waals surface area contributed by atoms with Crippen LogP contribution in [0.1, 0.15) is 104 Å². The van der Waals surface area contributed by atoms with Gasteiger partial charge in [-0.15, -0.1) is 0 Å². The van der Waals surface area contributed by atoms with Gasteiger partial charge in [0.25, 0.3) is 5.91 Å². The molecule has 1 aromatic carbocycles. The predicted molar refractivity (Wildman–Crippen MR) is 150 cm³/mol. The zero-order chi connectivity index (χ0) is 29.4. The molecule has 1 fully saturated rings. The van der Waals surface area contributed by atoms with E-state index in [-0.39, 0.29) is 28.7 Å². The van der Waals surface area contributed by atoms with Gasteiger partial charge in [-0.2, -0.15) is 0 Å². The number of carboxylic acids is 1. The van der Waals surface area contributed by atoms with Crippen LogP contribution >= 0.6 is 0 Å². The van der Waals surface area contributed by atoms with Crippen LogP contribution in [-0.2, 0) is 29.2 Å². The molecule has 0 radical (unpaired) electrons. The Kier molecular flexibility index (Phi) is 8.70. The van der Waals surface area contributed by atoms with Gasteiger partial charge in [0.05, 0.1) is 35.8 Å². The number of Topliss-reactive ketones (excluding diaryl/α,β-unsaturated/α-hetero) is 1. The fraction of sp³-hybridized carbons (Fsp3) is 0.567. The van der Waals surface area contributed by atoms with E-state index in [0.717, 1.165) is 48.2 Å². The summed E-state index contributed by atoms with van der Waals surface area (Å²) in [5.41, 5.74) is 14.9. The minimum atomic E-state index is -0.931. The van der Waals surface area contributed by atoms with Crippen LogP contribution in [0.4, 0.5) is 10.1 Å². The molecule has 0 saturated heterocycles. The van der Waals surface area contributed by atoms with Crippen LogP contribution in [0.5, 0.6) is 0 Å². The van der Waals surface area contributed by atoms with E-state index < -0.39 is 23.7 Å². The third-order valence-corrected chi connectivity index (χ3v) is 8.08. The van der Waals surface area contributed by atoms with Crippen molar-refractivity contribution >= 4 is 23.3 Å². The van der Waals surface area contributed by atoms with Crippen molar-refractivity contribution in [1.29, 1.82) is 0 Å². The predicted octanol–water partition coefficient (Wildman–Crippen LogP) is 4.70. The lowest BCUT2D eigenvalue weighted by Gasteiger charge is -2.30. The van der Waals surface area contributed by atoms with Gasteiger partial charge in [-0.3, -0.25) is 14.4 Å². The van der Waals surface area contributed by atoms with Gasteiger partial charge in [0.1, 0.15) is 11.9 Å². The maximum Gasteiger partial charge on any atom is 0.320 e. The summed E-state index contributed by atoms with van der Waals surface area (Å²) in [5, 5.41) is 11.6. The highest BCUT2D eigenvalue weighted by Crippen LogP contribution is 2.43. The molecule has 10 heteroatoms. The summed E-state index contributed by atoms with van der Waals surface area (Å²) in [5.74, 6) is -2.23. The van der Waals surface area contributed by atoms with Gasteiger partial charge in [0.15, 0.2) is 5.78 Å². The number of carbonyl (C=O) groups excluding carboxylic acids is 2. The standard InChI is InChI=1S/C25H30FN3O3.C5H11NO2/c1-25(2)10-19-22(21(30)11-25)16-12-32-13-20(16)29(19)15-8-17(26)23(24(27)31)18(9-15)28-14-6-4-3-5-7-14;1-3(2)4(6)5(7)8/h8-9,14,28H,3-7,10-13H2,1-2H3,(H2,27,31);3-4H,6H2,1-2H3,(H,7,8). The molecule has 1 saturated carbocycles. The number of carbonyl (C=O) groups is 3. The molecule has 40 heavy (non-hydrogen) atoms. The average Bonchev–Trinajstić information content (AvgIpc) is 3.43. The number of primary amides is 1. The van der Waals surface area contributed by atoms with E-state index in [1.54, 1.807) is 13.8 Å². The number of halogens is 1. The van der Waals surface area contributed by atoms with Gasteiger partial charge in [-0.1, -0.05) is 47.0 Å². The number of rotatable bonds is 6. The third-order valence-electron chi connectivity index (χ3n) is 8.08. The van der Waals surface area contributed by atoms with E-state index in [9.17, 15) is 14.4 Å². The van der Waals surface area contributed by atoms with E-state index in [1.165, 1.54) is 12.5 Å². The lowest BCUT2D eigenvalue weighted by atomic mass is 9.75. The summed E-state index contributed by atoms with van der Waals surface area (Å²) in [6, 6.07) is 2.64. The van der Waals surface area contributed by atoms with Crippen molar-refractivity contribution in [1.82, 2.24) is 4.57 Å². The molecule has 2 aromatic rings. The first-order valence-electron chi connectivity index (χ1n) is 14.1. The normalized spacial score (nSPS) is 18.9. The van der Waals surface area contributed by atoms with Crippen molar-refractivity contribution in [3.05, 3.63) is 46.0 Å². The summed E-state index contributed by atoms with van der Waals surface area (Å²) < 4.78 is 22.9. The SMILES string of the molecule is CC(C)C(N)C(=O)O.CC1(C)CC(=O)c2c3c(n(-c4cc(F)c(C(N)=O)c(NC5CCCCC5)c4)c2C1)COC3. The number of benzene rings is 1. The topological polar surface area (TPSA) is 150 Å². The van der Waals surface area contributed by atoms with E-state index in [2.05, 4.69) is 19.2 Å². The minimum absolute atomic E-state index is 0.0208. The van der Waals surface area contributed by atoms with Gasteiger partial charge in [-0.25, -0.2) is 4.39 Å². The number of carboxylic acid groups (broad SMARTS) is 1. The molecule has 2 heterocycles. The lowest BCUT2D eigenvalue weighted by Crippen LogP contribution is -2.34. The van der Waals surface area contributed by atoms with Gasteiger partial charge < -0.3 is 31.2 Å². The molecular weight excluding hydrogens is 515 g/mol. The Morgan fingerprint density at radius 2 is 1.80 bits per heavy atom. The summed E-state index contributed by atoms with van der Waals surface area (Å²) in [6.07, 6.45) is 6.58. The van der Waals surface area contributed by atoms with Crippen LogP contribution in [0, 0.1) is 17.2 Å². The Hall–Kier alpha value is -3.24. The van der Waals surface area contributed by atoms with Crippen molar-refractivity contribution in [3.8, 4) is 5.69 Å². The zero-order valence-electron chi connectivity index (χ0n) is 23.8. The summed E-state index contributed by atoms with van der Waals surface area (Å²) >= 11 is 0. The fourth-order valence-corrected chi connectivity index (χ4v) is 5.97. The summed E-state index contributed by atoms with van der Waals surface area (Å²) in [4.78, 5) is 35.1. The number of fused-ring (bicyclic) bond motifs is 3. The Morgan fingerprint density at radius 1 is 1.12 bits per heavy atom. The molecule has 1 aliphatic heterocycles. The molecule has 1 aromatic heterocycles. The number of hydrogen-bond donors (Lipinski definition) is 4. The average molecular weight is 557 g/mol. The molecule has 3 aliphatic rings. The highest BCUT2D eigenvalue weighted by Gasteiger charge is 2.39. The number of aromatic nitrogens is 1. The van der Waals surface area contributed by atoms with Gasteiger partial charge >= 0.3 is 5.97 Å². The van der Waals surface area contributed by atoms with Crippen molar-refractivity contribution in [2.45, 2.75) is 97.9 Å². The third kappa shape index (κ3) is 6.07. The number of anilines is 1. The smallest absolute Gasteiger partial charge is 0.320 e. The van der Waals surface area contributed by atoms with E-state index >= 15 is 4.39 Å².